The number of nitrogens with zero attached hydrogens (tertiary/aromatic N) is 1. The van der Waals surface area contributed by atoms with E-state index in [1.807, 2.05) is 12.1 Å². The van der Waals surface area contributed by atoms with Crippen LogP contribution in [0.5, 0.6) is 0 Å². The maximum atomic E-state index is 10.8. The summed E-state index contributed by atoms with van der Waals surface area (Å²) in [5, 5.41) is 0. The average Bonchev–Trinajstić information content (AvgIpc) is 2.20. The van der Waals surface area contributed by atoms with Crippen molar-refractivity contribution in [3.05, 3.63) is 53.2 Å². The van der Waals surface area contributed by atoms with Gasteiger partial charge in [-0.2, -0.15) is 0 Å². The van der Waals surface area contributed by atoms with Crippen molar-refractivity contribution in [3.8, 4) is 11.1 Å². The van der Waals surface area contributed by atoms with E-state index in [0.29, 0.717) is 0 Å². The molecular formula is C10H8N2O. The van der Waals surface area contributed by atoms with Crippen LogP contribution < -0.4 is 5.56 Å². The zero-order chi connectivity index (χ0) is 9.10. The molecule has 3 nitrogen and oxygen atoms in total. The van der Waals surface area contributed by atoms with Gasteiger partial charge in [0.2, 0.25) is 5.56 Å². The van der Waals surface area contributed by atoms with Crippen LogP contribution in [0, 0.1) is 0 Å². The summed E-state index contributed by atoms with van der Waals surface area (Å²) >= 11 is 0. The second-order valence-electron chi connectivity index (χ2n) is 2.68. The van der Waals surface area contributed by atoms with Crippen molar-refractivity contribution in [3.63, 3.8) is 0 Å². The van der Waals surface area contributed by atoms with Crippen molar-refractivity contribution in [1.82, 2.24) is 9.97 Å². The van der Waals surface area contributed by atoms with E-state index >= 15 is 0 Å². The molecule has 0 aromatic carbocycles. The molecule has 2 aromatic rings. The highest BCUT2D eigenvalue weighted by Crippen LogP contribution is 2.14. The van der Waals surface area contributed by atoms with E-state index in [4.69, 9.17) is 0 Å². The third kappa shape index (κ3) is 1.64. The molecule has 0 radical (unpaired) electrons. The van der Waals surface area contributed by atoms with Crippen molar-refractivity contribution in [1.29, 1.82) is 0 Å². The van der Waals surface area contributed by atoms with Gasteiger partial charge in [0.05, 0.1) is 0 Å². The number of rotatable bonds is 1. The monoisotopic (exact) mass is 172 g/mol. The van der Waals surface area contributed by atoms with Crippen LogP contribution in [-0.2, 0) is 0 Å². The van der Waals surface area contributed by atoms with Crippen LogP contribution in [0.1, 0.15) is 0 Å². The fourth-order valence-corrected chi connectivity index (χ4v) is 1.13. The van der Waals surface area contributed by atoms with Gasteiger partial charge in [0.25, 0.3) is 0 Å². The first-order valence-electron chi connectivity index (χ1n) is 3.95. The molecule has 0 atom stereocenters. The molecule has 3 heteroatoms. The fraction of sp³-hybridized carbons (Fsp3) is 0. The average molecular weight is 172 g/mol. The molecule has 0 aliphatic carbocycles. The molecule has 0 saturated carbocycles. The smallest absolute Gasteiger partial charge is 0.247 e. The third-order valence-electron chi connectivity index (χ3n) is 1.80. The summed E-state index contributed by atoms with van der Waals surface area (Å²) < 4.78 is 0. The van der Waals surface area contributed by atoms with Crippen molar-refractivity contribution in [2.75, 3.05) is 0 Å². The number of aromatic nitrogens is 2. The van der Waals surface area contributed by atoms with Gasteiger partial charge in [0, 0.05) is 24.7 Å². The first-order valence-corrected chi connectivity index (χ1v) is 3.95. The molecule has 0 spiro atoms. The Morgan fingerprint density at radius 3 is 2.38 bits per heavy atom. The van der Waals surface area contributed by atoms with E-state index < -0.39 is 0 Å². The lowest BCUT2D eigenvalue weighted by Crippen LogP contribution is -2.01. The minimum absolute atomic E-state index is 0.0854. The topological polar surface area (TPSA) is 45.8 Å². The minimum Gasteiger partial charge on any atom is -0.328 e. The lowest BCUT2D eigenvalue weighted by Gasteiger charge is -1.98. The van der Waals surface area contributed by atoms with E-state index in [-0.39, 0.29) is 5.56 Å². The summed E-state index contributed by atoms with van der Waals surface area (Å²) in [7, 11) is 0. The van der Waals surface area contributed by atoms with Crippen LogP contribution in [0.3, 0.4) is 0 Å². The Balaban J connectivity index is 2.48. The van der Waals surface area contributed by atoms with E-state index in [2.05, 4.69) is 9.97 Å². The van der Waals surface area contributed by atoms with Gasteiger partial charge in [-0.05, 0) is 29.3 Å². The van der Waals surface area contributed by atoms with E-state index in [0.717, 1.165) is 11.1 Å². The Labute approximate surface area is 75.1 Å². The summed E-state index contributed by atoms with van der Waals surface area (Å²) in [5.41, 5.74) is 1.95. The second-order valence-corrected chi connectivity index (χ2v) is 2.68. The molecule has 2 aromatic heterocycles. The number of H-pyrrole nitrogens is 1. The van der Waals surface area contributed by atoms with Gasteiger partial charge in [-0.25, -0.2) is 0 Å². The predicted octanol–water partition coefficient (Wildman–Crippen LogP) is 1.44. The molecule has 0 fully saturated rings. The van der Waals surface area contributed by atoms with Crippen LogP contribution in [0.4, 0.5) is 0 Å². The van der Waals surface area contributed by atoms with E-state index in [1.54, 1.807) is 24.7 Å². The van der Waals surface area contributed by atoms with Gasteiger partial charge in [-0.1, -0.05) is 0 Å². The molecule has 2 rings (SSSR count). The molecule has 0 saturated heterocycles. The molecule has 0 aliphatic rings. The van der Waals surface area contributed by atoms with Crippen LogP contribution in [0.2, 0.25) is 0 Å². The summed E-state index contributed by atoms with van der Waals surface area (Å²) in [6.45, 7) is 0. The Kier molecular flexibility index (Phi) is 1.92. The Hall–Kier alpha value is -1.90. The van der Waals surface area contributed by atoms with E-state index in [1.165, 1.54) is 6.07 Å². The maximum absolute atomic E-state index is 10.8. The van der Waals surface area contributed by atoms with Gasteiger partial charge in [0.1, 0.15) is 0 Å². The maximum Gasteiger partial charge on any atom is 0.247 e. The van der Waals surface area contributed by atoms with Gasteiger partial charge >= 0.3 is 0 Å². The third-order valence-corrected chi connectivity index (χ3v) is 1.80. The van der Waals surface area contributed by atoms with Crippen molar-refractivity contribution in [2.45, 2.75) is 0 Å². The standard InChI is InChI=1S/C10H8N2O/c13-10-2-1-9(7-12-10)8-3-5-11-6-4-8/h1-7H,(H,12,13). The lowest BCUT2D eigenvalue weighted by molar-refractivity contribution is 1.24. The SMILES string of the molecule is O=c1ccc(-c2ccncc2)c[nH]1. The Morgan fingerprint density at radius 1 is 1.00 bits per heavy atom. The molecule has 13 heavy (non-hydrogen) atoms. The van der Waals surface area contributed by atoms with Crippen LogP contribution in [0.15, 0.2) is 47.7 Å². The largest absolute Gasteiger partial charge is 0.328 e. The van der Waals surface area contributed by atoms with Crippen LogP contribution in [0.25, 0.3) is 11.1 Å². The zero-order valence-electron chi connectivity index (χ0n) is 6.90. The minimum atomic E-state index is -0.0854. The Bertz CT molecular complexity index is 427. The molecular weight excluding hydrogens is 164 g/mol. The first kappa shape index (κ1) is 7.73. The highest BCUT2D eigenvalue weighted by Gasteiger charge is 1.94. The van der Waals surface area contributed by atoms with Crippen molar-refractivity contribution in [2.24, 2.45) is 0 Å². The van der Waals surface area contributed by atoms with Crippen LogP contribution >= 0.6 is 0 Å². The van der Waals surface area contributed by atoms with Gasteiger partial charge in [-0.15, -0.1) is 0 Å². The Morgan fingerprint density at radius 2 is 1.77 bits per heavy atom. The molecule has 1 N–H and O–H groups in total. The zero-order valence-corrected chi connectivity index (χ0v) is 6.90. The quantitative estimate of drug-likeness (QED) is 0.707. The predicted molar refractivity (Wildman–Crippen MR) is 50.3 cm³/mol. The number of pyridine rings is 2. The first-order chi connectivity index (χ1) is 6.36. The van der Waals surface area contributed by atoms with E-state index in [9.17, 15) is 4.79 Å². The number of hydrogen-bond donors (Lipinski definition) is 1. The molecule has 2 heterocycles. The molecule has 0 aliphatic heterocycles. The van der Waals surface area contributed by atoms with Crippen molar-refractivity contribution >= 4 is 0 Å². The highest BCUT2D eigenvalue weighted by molar-refractivity contribution is 5.61. The number of aromatic amines is 1. The fourth-order valence-electron chi connectivity index (χ4n) is 1.13. The lowest BCUT2D eigenvalue weighted by atomic mass is 10.1. The van der Waals surface area contributed by atoms with Gasteiger partial charge in [0.15, 0.2) is 0 Å². The molecule has 0 unspecified atom stereocenters. The molecule has 0 amide bonds. The second kappa shape index (κ2) is 3.23. The number of hydrogen-bond acceptors (Lipinski definition) is 2. The number of nitrogens with one attached hydrogen (secondary N) is 1. The summed E-state index contributed by atoms with van der Waals surface area (Å²) in [5.74, 6) is 0. The normalized spacial score (nSPS) is 9.85. The summed E-state index contributed by atoms with van der Waals surface area (Å²) in [6.07, 6.45) is 5.14. The summed E-state index contributed by atoms with van der Waals surface area (Å²) in [6, 6.07) is 7.09. The van der Waals surface area contributed by atoms with Gasteiger partial charge < -0.3 is 4.98 Å². The van der Waals surface area contributed by atoms with Gasteiger partial charge in [-0.3, -0.25) is 9.78 Å². The summed E-state index contributed by atoms with van der Waals surface area (Å²) in [4.78, 5) is 17.3. The molecule has 0 bridgehead atoms. The van der Waals surface area contributed by atoms with Crippen molar-refractivity contribution < 1.29 is 0 Å². The van der Waals surface area contributed by atoms with Crippen LogP contribution in [-0.4, -0.2) is 9.97 Å². The highest BCUT2D eigenvalue weighted by atomic mass is 16.1. The molecule has 64 valence electrons.